The molecule has 12 rings (SSSR count). The predicted molar refractivity (Wildman–Crippen MR) is 267 cm³/mol. The maximum Gasteiger partial charge on any atom is 0.0541 e. The van der Waals surface area contributed by atoms with Crippen molar-refractivity contribution in [3.8, 4) is 50.2 Å². The second-order valence-corrected chi connectivity index (χ2v) is 17.3. The van der Waals surface area contributed by atoms with Gasteiger partial charge in [-0.3, -0.25) is 0 Å². The molecule has 1 aliphatic carbocycles. The molecule has 1 aliphatic rings. The Balaban J connectivity index is 0.895. The summed E-state index contributed by atoms with van der Waals surface area (Å²) in [5.41, 5.74) is 19.8. The monoisotopic (exact) mass is 804 g/mol. The van der Waals surface area contributed by atoms with Crippen LogP contribution in [0, 0.1) is 0 Å². The van der Waals surface area contributed by atoms with E-state index in [1.54, 1.807) is 0 Å². The van der Waals surface area contributed by atoms with Gasteiger partial charge in [0.15, 0.2) is 0 Å². The van der Waals surface area contributed by atoms with Crippen LogP contribution in [0.2, 0.25) is 0 Å². The molecule has 11 aromatic rings. The maximum absolute atomic E-state index is 2.42. The Bertz CT molecular complexity index is 3470. The fourth-order valence-electron chi connectivity index (χ4n) is 10.3. The van der Waals surface area contributed by atoms with Gasteiger partial charge in [-0.1, -0.05) is 172 Å². The highest BCUT2D eigenvalue weighted by Crippen LogP contribution is 2.50. The summed E-state index contributed by atoms with van der Waals surface area (Å²) in [6.07, 6.45) is 0. The van der Waals surface area contributed by atoms with Crippen molar-refractivity contribution in [2.75, 3.05) is 4.90 Å². The standard InChI is InChI=1S/C61H44N2/c1-61(2)57-23-13-11-21-53(57)54-35-29-43(40-58(54)61)41-25-31-48(32-26-41)63-59-24-14-12-22-55(59)56-39-44(30-38-60(56)63)50-37-36-49(51-19-9-10-20-52(50)51)42-27-33-47(34-28-42)62(45-15-5-3-6-16-45)46-17-7-4-8-18-46/h3-40H,1-2H3. The molecule has 0 atom stereocenters. The van der Waals surface area contributed by atoms with E-state index in [0.717, 1.165) is 22.7 Å². The summed E-state index contributed by atoms with van der Waals surface area (Å²) in [7, 11) is 0. The fourth-order valence-corrected chi connectivity index (χ4v) is 10.3. The van der Waals surface area contributed by atoms with Gasteiger partial charge in [0.05, 0.1) is 11.0 Å². The molecule has 2 nitrogen and oxygen atoms in total. The Hall–Kier alpha value is -7.94. The van der Waals surface area contributed by atoms with Crippen LogP contribution in [-0.4, -0.2) is 4.57 Å². The normalized spacial score (nSPS) is 12.7. The Labute approximate surface area is 368 Å². The minimum atomic E-state index is -0.0286. The van der Waals surface area contributed by atoms with Crippen LogP contribution in [0.5, 0.6) is 0 Å². The smallest absolute Gasteiger partial charge is 0.0541 e. The van der Waals surface area contributed by atoms with E-state index >= 15 is 0 Å². The second kappa shape index (κ2) is 14.6. The third-order valence-electron chi connectivity index (χ3n) is 13.4. The third kappa shape index (κ3) is 6.02. The molecular formula is C61H44N2. The molecule has 298 valence electrons. The van der Waals surface area contributed by atoms with Crippen molar-refractivity contribution >= 4 is 49.6 Å². The minimum absolute atomic E-state index is 0.0286. The van der Waals surface area contributed by atoms with Crippen LogP contribution in [0.3, 0.4) is 0 Å². The van der Waals surface area contributed by atoms with Crippen molar-refractivity contribution < 1.29 is 0 Å². The largest absolute Gasteiger partial charge is 0.311 e. The first-order valence-electron chi connectivity index (χ1n) is 21.9. The summed E-state index contributed by atoms with van der Waals surface area (Å²) in [4.78, 5) is 2.31. The topological polar surface area (TPSA) is 8.17 Å². The zero-order chi connectivity index (χ0) is 42.1. The molecular weight excluding hydrogens is 761 g/mol. The molecule has 0 saturated heterocycles. The zero-order valence-corrected chi connectivity index (χ0v) is 35.3. The van der Waals surface area contributed by atoms with Gasteiger partial charge in [0.1, 0.15) is 0 Å². The Morgan fingerprint density at radius 1 is 0.317 bits per heavy atom. The number of hydrogen-bond acceptors (Lipinski definition) is 1. The van der Waals surface area contributed by atoms with Gasteiger partial charge in [0, 0.05) is 38.9 Å². The number of fused-ring (bicyclic) bond motifs is 7. The highest BCUT2D eigenvalue weighted by atomic mass is 15.1. The van der Waals surface area contributed by atoms with Crippen LogP contribution in [0.4, 0.5) is 17.1 Å². The second-order valence-electron chi connectivity index (χ2n) is 17.3. The first kappa shape index (κ1) is 36.9. The van der Waals surface area contributed by atoms with Gasteiger partial charge in [-0.2, -0.15) is 0 Å². The van der Waals surface area contributed by atoms with Crippen LogP contribution in [-0.2, 0) is 5.41 Å². The molecule has 0 radical (unpaired) electrons. The first-order valence-corrected chi connectivity index (χ1v) is 21.9. The molecule has 2 heteroatoms. The van der Waals surface area contributed by atoms with Gasteiger partial charge in [-0.15, -0.1) is 0 Å². The number of benzene rings is 10. The van der Waals surface area contributed by atoms with Gasteiger partial charge in [0.25, 0.3) is 0 Å². The van der Waals surface area contributed by atoms with Gasteiger partial charge >= 0.3 is 0 Å². The molecule has 0 unspecified atom stereocenters. The zero-order valence-electron chi connectivity index (χ0n) is 35.3. The van der Waals surface area contributed by atoms with Gasteiger partial charge in [-0.05, 0) is 139 Å². The lowest BCUT2D eigenvalue weighted by atomic mass is 9.81. The van der Waals surface area contributed by atoms with Crippen molar-refractivity contribution in [2.24, 2.45) is 0 Å². The van der Waals surface area contributed by atoms with Gasteiger partial charge < -0.3 is 9.47 Å². The van der Waals surface area contributed by atoms with E-state index in [-0.39, 0.29) is 5.41 Å². The van der Waals surface area contributed by atoms with E-state index in [2.05, 4.69) is 254 Å². The van der Waals surface area contributed by atoms with E-state index in [9.17, 15) is 0 Å². The summed E-state index contributed by atoms with van der Waals surface area (Å²) in [6.45, 7) is 4.70. The van der Waals surface area contributed by atoms with E-state index in [1.807, 2.05) is 0 Å². The van der Waals surface area contributed by atoms with Crippen LogP contribution < -0.4 is 4.90 Å². The number of hydrogen-bond donors (Lipinski definition) is 0. The van der Waals surface area contributed by atoms with Crippen LogP contribution >= 0.6 is 0 Å². The van der Waals surface area contributed by atoms with E-state index < -0.39 is 0 Å². The van der Waals surface area contributed by atoms with Crippen LogP contribution in [0.1, 0.15) is 25.0 Å². The molecule has 0 amide bonds. The number of para-hydroxylation sites is 3. The van der Waals surface area contributed by atoms with Crippen LogP contribution in [0.15, 0.2) is 231 Å². The minimum Gasteiger partial charge on any atom is -0.311 e. The molecule has 1 heterocycles. The van der Waals surface area contributed by atoms with Gasteiger partial charge in [-0.25, -0.2) is 0 Å². The molecule has 0 N–H and O–H groups in total. The maximum atomic E-state index is 2.42. The summed E-state index contributed by atoms with van der Waals surface area (Å²) < 4.78 is 2.42. The summed E-state index contributed by atoms with van der Waals surface area (Å²) >= 11 is 0. The van der Waals surface area contributed by atoms with Gasteiger partial charge in [0.2, 0.25) is 0 Å². The van der Waals surface area contributed by atoms with Crippen molar-refractivity contribution in [2.45, 2.75) is 19.3 Å². The third-order valence-corrected chi connectivity index (χ3v) is 13.4. The molecule has 1 aromatic heterocycles. The number of aromatic nitrogens is 1. The lowest BCUT2D eigenvalue weighted by Gasteiger charge is -2.25. The lowest BCUT2D eigenvalue weighted by Crippen LogP contribution is -2.14. The van der Waals surface area contributed by atoms with Crippen molar-refractivity contribution in [1.29, 1.82) is 0 Å². The Kier molecular flexibility index (Phi) is 8.55. The molecule has 0 saturated carbocycles. The molecule has 0 bridgehead atoms. The number of anilines is 3. The average molecular weight is 805 g/mol. The lowest BCUT2D eigenvalue weighted by molar-refractivity contribution is 0.660. The highest BCUT2D eigenvalue weighted by molar-refractivity contribution is 6.12. The quantitative estimate of drug-likeness (QED) is 0.156. The first-order chi connectivity index (χ1) is 31.0. The Morgan fingerprint density at radius 3 is 1.51 bits per heavy atom. The Morgan fingerprint density at radius 2 is 0.810 bits per heavy atom. The molecule has 63 heavy (non-hydrogen) atoms. The summed E-state index contributed by atoms with van der Waals surface area (Å²) in [6, 6.07) is 84.4. The SMILES string of the molecule is CC1(C)c2ccccc2-c2ccc(-c3ccc(-n4c5ccccc5c5cc(-c6ccc(-c7ccc(N(c8ccccc8)c8ccccc8)cc7)c7ccccc67)ccc54)cc3)cc21. The molecule has 10 aromatic carbocycles. The van der Waals surface area contributed by atoms with Crippen molar-refractivity contribution in [3.05, 3.63) is 242 Å². The summed E-state index contributed by atoms with van der Waals surface area (Å²) in [5, 5.41) is 4.98. The highest BCUT2D eigenvalue weighted by Gasteiger charge is 2.35. The summed E-state index contributed by atoms with van der Waals surface area (Å²) in [5.74, 6) is 0. The molecule has 0 aliphatic heterocycles. The number of nitrogens with zero attached hydrogens (tertiary/aromatic N) is 2. The molecule has 0 spiro atoms. The average Bonchev–Trinajstić information content (AvgIpc) is 3.79. The molecule has 0 fully saturated rings. The van der Waals surface area contributed by atoms with Crippen LogP contribution in [0.25, 0.3) is 82.8 Å². The fraction of sp³-hybridized carbons (Fsp3) is 0.0492. The van der Waals surface area contributed by atoms with E-state index in [4.69, 9.17) is 0 Å². The van der Waals surface area contributed by atoms with Crippen molar-refractivity contribution in [1.82, 2.24) is 4.57 Å². The van der Waals surface area contributed by atoms with Crippen molar-refractivity contribution in [3.63, 3.8) is 0 Å². The van der Waals surface area contributed by atoms with E-state index in [1.165, 1.54) is 88.2 Å². The predicted octanol–water partition coefficient (Wildman–Crippen LogP) is 16.7. The van der Waals surface area contributed by atoms with E-state index in [0.29, 0.717) is 0 Å². The number of rotatable bonds is 7.